The smallest absolute Gasteiger partial charge is 0.870 e. The Labute approximate surface area is 642 Å². The second kappa shape index (κ2) is 41.4. The fourth-order valence-corrected chi connectivity index (χ4v) is 11.7. The van der Waals surface area contributed by atoms with Gasteiger partial charge in [0.15, 0.2) is 0 Å². The first kappa shape index (κ1) is 95.7. The van der Waals surface area contributed by atoms with Crippen LogP contribution in [0.3, 0.4) is 0 Å². The third-order valence-electron chi connectivity index (χ3n) is 16.7. The maximum Gasteiger partial charge on any atom is 1.00 e. The molecule has 41 heteroatoms. The molecule has 26 nitrogen and oxygen atoms in total. The number of alkyl halides is 6. The molecule has 5 aromatic rings. The Balaban J connectivity index is 0.000000455. The van der Waals surface area contributed by atoms with Gasteiger partial charge >= 0.3 is 92.1 Å². The number of fused-ring (bicyclic) bond motifs is 1. The number of pyridine rings is 1. The number of aliphatic carboxylic acids is 1. The molecule has 3 saturated heterocycles. The SMILES string of the molecule is CN(C)C(n1n[n+]([O-])c2ncccc21)=[N+](C)C.COC(=O)/C=C/c1ccccc1N1CCCCC1.COC(=O)/C=C/c1ccccc1N1CCN(C(=O)C2CC(F)(F)C2)CC1.Cl.F[P-](F)(F)(F)(F)F.NO.O=C(/C=C/c1ccccc1N1CCN(C(=O)C2CC(F)(F)C2)CC1)NO.O=C(O)C1CC(F)(F)C1.[Na+].[OH-]. The maximum atomic E-state index is 13.0. The monoisotopic (exact) mass is 1600 g/mol. The topological polar surface area (TPSA) is 330 Å². The van der Waals surface area contributed by atoms with E-state index in [1.165, 1.54) is 57.4 Å². The van der Waals surface area contributed by atoms with Crippen LogP contribution >= 0.6 is 20.2 Å². The van der Waals surface area contributed by atoms with E-state index in [2.05, 4.69) is 46.3 Å². The number of nitrogens with one attached hydrogen (secondary N) is 1. The second-order valence-corrected chi connectivity index (χ2v) is 27.1. The van der Waals surface area contributed by atoms with Crippen LogP contribution in [-0.2, 0) is 38.2 Å². The number of methoxy groups -OCH3 is 2. The summed E-state index contributed by atoms with van der Waals surface area (Å²) in [5, 5.41) is 38.7. The van der Waals surface area contributed by atoms with E-state index in [4.69, 9.17) is 15.5 Å². The van der Waals surface area contributed by atoms with Crippen molar-refractivity contribution in [2.75, 3.05) is 123 Å². The first-order valence-corrected chi connectivity index (χ1v) is 34.7. The van der Waals surface area contributed by atoms with Gasteiger partial charge in [0.1, 0.15) is 6.20 Å². The number of hydroxylamine groups is 1. The molecule has 3 aliphatic heterocycles. The molecular weight excluding hydrogens is 1510 g/mol. The van der Waals surface area contributed by atoms with Gasteiger partial charge in [-0.15, -0.1) is 22.2 Å². The molecule has 6 fully saturated rings. The van der Waals surface area contributed by atoms with Crippen LogP contribution in [0.4, 0.5) is 68.6 Å². The van der Waals surface area contributed by atoms with E-state index < -0.39 is 74.0 Å². The first-order chi connectivity index (χ1) is 49.1. The van der Waals surface area contributed by atoms with Gasteiger partial charge in [-0.05, 0) is 84.5 Å². The van der Waals surface area contributed by atoms with Gasteiger partial charge < -0.3 is 55.0 Å². The van der Waals surface area contributed by atoms with Crippen molar-refractivity contribution in [1.29, 1.82) is 0 Å². The number of hydrogen-bond donors (Lipinski definition) is 5. The van der Waals surface area contributed by atoms with Gasteiger partial charge in [0.05, 0.1) is 48.3 Å². The third kappa shape index (κ3) is 31.3. The second-order valence-electron chi connectivity index (χ2n) is 25.2. The summed E-state index contributed by atoms with van der Waals surface area (Å²) >= 11 is 0. The normalized spacial score (nSPS) is 17.7. The summed E-state index contributed by atoms with van der Waals surface area (Å²) in [7, 11) is -0.350. The van der Waals surface area contributed by atoms with Crippen molar-refractivity contribution in [3.63, 3.8) is 0 Å². The molecule has 6 aliphatic rings. The average molecular weight is 1600 g/mol. The zero-order valence-electron chi connectivity index (χ0n) is 60.1. The molecule has 0 unspecified atom stereocenters. The molecule has 0 spiro atoms. The summed E-state index contributed by atoms with van der Waals surface area (Å²) in [6.45, 7) is 6.61. The van der Waals surface area contributed by atoms with E-state index in [9.17, 15) is 85.5 Å². The number of esters is 2. The molecule has 2 aromatic heterocycles. The maximum absolute atomic E-state index is 13.0. The number of ether oxygens (including phenoxy) is 2. The Morgan fingerprint density at radius 1 is 0.593 bits per heavy atom. The molecule has 0 atom stereocenters. The Morgan fingerprint density at radius 3 is 1.25 bits per heavy atom. The Hall–Kier alpha value is -8.36. The van der Waals surface area contributed by atoms with Crippen molar-refractivity contribution in [3.8, 4) is 0 Å². The fourth-order valence-electron chi connectivity index (χ4n) is 11.7. The molecule has 3 saturated carbocycles. The van der Waals surface area contributed by atoms with Gasteiger partial charge in [-0.2, -0.15) is 0 Å². The number of aromatic nitrogens is 4. The molecule has 108 heavy (non-hydrogen) atoms. The van der Waals surface area contributed by atoms with Crippen LogP contribution in [0.1, 0.15) is 74.5 Å². The molecular formula is C67H88ClF12N13NaO13P. The number of piperazine rings is 2. The van der Waals surface area contributed by atoms with Crippen LogP contribution in [0, 0.1) is 23.0 Å². The number of nitrogens with zero attached hydrogens (tertiary/aromatic N) is 11. The van der Waals surface area contributed by atoms with Gasteiger partial charge in [-0.1, -0.05) is 59.3 Å². The minimum atomic E-state index is -10.7. The van der Waals surface area contributed by atoms with Crippen molar-refractivity contribution in [2.45, 2.75) is 75.6 Å². The average Bonchev–Trinajstić information content (AvgIpc) is 1.04. The summed E-state index contributed by atoms with van der Waals surface area (Å²) in [6.07, 6.45) is 12.3. The Bertz CT molecular complexity index is 3760. The van der Waals surface area contributed by atoms with E-state index in [0.717, 1.165) is 47.1 Å². The summed E-state index contributed by atoms with van der Waals surface area (Å²) < 4.78 is 148. The van der Waals surface area contributed by atoms with Gasteiger partial charge in [0.25, 0.3) is 5.91 Å². The predicted octanol–water partition coefficient (Wildman–Crippen LogP) is 7.51. The molecule has 3 amide bonds. The Morgan fingerprint density at radius 2 is 0.935 bits per heavy atom. The van der Waals surface area contributed by atoms with Gasteiger partial charge in [0.2, 0.25) is 35.1 Å². The molecule has 0 radical (unpaired) electrons. The van der Waals surface area contributed by atoms with Crippen LogP contribution in [0.15, 0.2) is 109 Å². The summed E-state index contributed by atoms with van der Waals surface area (Å²) in [5.41, 5.74) is 8.40. The number of carboxylic acids is 1. The van der Waals surface area contributed by atoms with Crippen molar-refractivity contribution < 1.29 is 150 Å². The number of carboxylic acid groups (broad SMARTS) is 1. The quantitative estimate of drug-likeness (QED) is 0.00689. The number of hydrogen-bond acceptors (Lipinski definition) is 18. The number of halogens is 13. The molecule has 11 rings (SSSR count). The summed E-state index contributed by atoms with van der Waals surface area (Å²) in [6, 6.07) is 26.9. The number of anilines is 3. The van der Waals surface area contributed by atoms with Gasteiger partial charge in [0, 0.05) is 156 Å². The van der Waals surface area contributed by atoms with E-state index in [1.807, 2.05) is 117 Å². The zero-order valence-corrected chi connectivity index (χ0v) is 63.9. The standard InChI is InChI=1S/C19H22F2N2O3.C18H21F2N3O3.C15H19NO2.C10H15N6O.C5H6F2O2.ClH.F6P.H3NO.Na.H2O/c1-26-17(24)7-6-14-4-2-3-5-16(14)22-8-10-23(11-9-22)18(25)15-12-19(20,21)13-15;19-18(20)11-14(12-18)17(25)23-9-7-22(8-10-23)15-4-2-1-3-13(15)5-6-16(24)21-26;1-18-15(17)10-9-13-7-3-4-8-14(13)16-11-5-2-6-12-16;1-13(2)10(14(3)4)15-8-6-5-7-11-9(8)16(17)12-15;6-5(7)1-3(2-5)4(8)9;;1-7(2,3,4,5)6;1-2;;/h2-7,15H,8-13H2,1H3;1-6,14,26H,7-12H2,(H,21,24);3-4,7-10H,2,5-6,11-12H2,1H3;5-7H,1-4H3;3H,1-2H2,(H,8,9);1H;;2H,1H2;;1H2/q;;;+1;;;-1;;+1;/p-1/b7-6+;6-5+;10-9+;;;;;;;. The van der Waals surface area contributed by atoms with E-state index in [-0.39, 0.29) is 90.9 Å². The summed E-state index contributed by atoms with van der Waals surface area (Å²) in [5.74, 6) is -8.47. The minimum Gasteiger partial charge on any atom is -0.870 e. The van der Waals surface area contributed by atoms with E-state index in [1.54, 1.807) is 44.4 Å². The molecule has 0 bridgehead atoms. The number of carbonyl (C=O) groups excluding carboxylic acids is 5. The number of piperidine rings is 1. The van der Waals surface area contributed by atoms with Crippen molar-refractivity contribution in [1.82, 2.24) is 35.1 Å². The third-order valence-corrected chi connectivity index (χ3v) is 16.7. The van der Waals surface area contributed by atoms with E-state index >= 15 is 0 Å². The van der Waals surface area contributed by atoms with Crippen molar-refractivity contribution in [3.05, 3.63) is 131 Å². The number of rotatable bonds is 12. The first-order valence-electron chi connectivity index (χ1n) is 32.7. The van der Waals surface area contributed by atoms with Gasteiger partial charge in [-0.3, -0.25) is 33.9 Å². The molecule has 3 aliphatic carbocycles. The molecule has 3 aromatic carbocycles. The molecule has 7 N–H and O–H groups in total. The van der Waals surface area contributed by atoms with Crippen LogP contribution in [-0.4, -0.2) is 222 Å². The zero-order chi connectivity index (χ0) is 78.3. The number of para-hydroxylation sites is 3. The largest absolute Gasteiger partial charge is 1.00 e. The van der Waals surface area contributed by atoms with Crippen LogP contribution in [0.25, 0.3) is 29.4 Å². The van der Waals surface area contributed by atoms with Crippen LogP contribution in [0.5, 0.6) is 0 Å². The summed E-state index contributed by atoms with van der Waals surface area (Å²) in [4.78, 5) is 84.6. The number of carbonyl (C=O) groups is 6. The van der Waals surface area contributed by atoms with Gasteiger partial charge in [-0.25, -0.2) is 47.3 Å². The number of benzene rings is 3. The van der Waals surface area contributed by atoms with Crippen LogP contribution in [0.2, 0.25) is 0 Å². The van der Waals surface area contributed by atoms with E-state index in [0.29, 0.717) is 68.4 Å². The molecule has 5 heterocycles. The Kier molecular flexibility index (Phi) is 36.7. The van der Waals surface area contributed by atoms with Crippen LogP contribution < -0.4 is 60.5 Å². The van der Waals surface area contributed by atoms with Crippen molar-refractivity contribution in [2.24, 2.45) is 23.7 Å². The molecule has 596 valence electrons. The fraction of sp³-hybridized carbons (Fsp3) is 0.463. The number of amides is 3. The number of nitrogens with two attached hydrogens (primary N) is 1. The minimum absolute atomic E-state index is 0. The predicted molar refractivity (Wildman–Crippen MR) is 376 cm³/mol. The van der Waals surface area contributed by atoms with Crippen molar-refractivity contribution >= 4 is 108 Å².